The van der Waals surface area contributed by atoms with Gasteiger partial charge in [-0.3, -0.25) is 4.79 Å². The van der Waals surface area contributed by atoms with E-state index in [1.807, 2.05) is 0 Å². The zero-order valence-electron chi connectivity index (χ0n) is 10.4. The highest BCUT2D eigenvalue weighted by atomic mass is 16.7. The lowest BCUT2D eigenvalue weighted by Gasteiger charge is -2.29. The number of aliphatic hydroxyl groups excluding tert-OH is 1. The molecular weight excluding hydrogens is 236 g/mol. The van der Waals surface area contributed by atoms with E-state index in [1.165, 1.54) is 0 Å². The largest absolute Gasteiger partial charge is 0.462 e. The molecule has 0 aromatic heterocycles. The first kappa shape index (κ1) is 12.4. The molecule has 0 aromatic rings. The van der Waals surface area contributed by atoms with Gasteiger partial charge < -0.3 is 19.3 Å². The molecule has 0 bridgehead atoms. The predicted octanol–water partition coefficient (Wildman–Crippen LogP) is 0.842. The molecule has 5 heteroatoms. The lowest BCUT2D eigenvalue weighted by molar-refractivity contribution is -0.199. The van der Waals surface area contributed by atoms with Gasteiger partial charge in [0.05, 0.1) is 12.5 Å². The first-order valence-corrected chi connectivity index (χ1v) is 6.85. The lowest BCUT2D eigenvalue weighted by Crippen LogP contribution is -2.33. The summed E-state index contributed by atoms with van der Waals surface area (Å²) in [5, 5.41) is 9.51. The number of carbonyl (C=O) groups is 1. The number of ether oxygens (including phenoxy) is 3. The molecule has 1 saturated carbocycles. The van der Waals surface area contributed by atoms with Gasteiger partial charge >= 0.3 is 5.97 Å². The van der Waals surface area contributed by atoms with Crippen LogP contribution in [0.25, 0.3) is 0 Å². The first-order valence-electron chi connectivity index (χ1n) is 6.85. The molecule has 0 amide bonds. The smallest absolute Gasteiger partial charge is 0.306 e. The van der Waals surface area contributed by atoms with Crippen molar-refractivity contribution in [3.63, 3.8) is 0 Å². The van der Waals surface area contributed by atoms with Crippen LogP contribution in [0.1, 0.15) is 32.1 Å². The molecule has 2 saturated heterocycles. The van der Waals surface area contributed by atoms with Crippen molar-refractivity contribution in [2.45, 2.75) is 50.6 Å². The fourth-order valence-corrected chi connectivity index (χ4v) is 3.38. The zero-order chi connectivity index (χ0) is 12.5. The van der Waals surface area contributed by atoms with Crippen LogP contribution >= 0.6 is 0 Å². The molecule has 3 aliphatic rings. The third-order valence-electron chi connectivity index (χ3n) is 4.33. The molecule has 3 rings (SSSR count). The standard InChI is InChI=1S/C13H20O5/c14-7-9-8-5-12(15)17-10(8)6-11(9)18-13-3-1-2-4-16-13/h8-11,13-14H,1-7H2/t8-,9+,10+,11-,13?/m1/s1. The molecule has 5 atom stereocenters. The molecular formula is C13H20O5. The summed E-state index contributed by atoms with van der Waals surface area (Å²) in [5.74, 6) is -0.0149. The van der Waals surface area contributed by atoms with Gasteiger partial charge in [-0.25, -0.2) is 0 Å². The van der Waals surface area contributed by atoms with Gasteiger partial charge in [-0.1, -0.05) is 0 Å². The van der Waals surface area contributed by atoms with Gasteiger partial charge in [0.1, 0.15) is 6.10 Å². The predicted molar refractivity (Wildman–Crippen MR) is 61.6 cm³/mol. The molecule has 2 aliphatic heterocycles. The van der Waals surface area contributed by atoms with Gasteiger partial charge in [0, 0.05) is 31.5 Å². The summed E-state index contributed by atoms with van der Waals surface area (Å²) in [7, 11) is 0. The van der Waals surface area contributed by atoms with E-state index in [9.17, 15) is 9.90 Å². The Kier molecular flexibility index (Phi) is 3.54. The highest BCUT2D eigenvalue weighted by Gasteiger charge is 2.50. The van der Waals surface area contributed by atoms with Crippen LogP contribution in [0.15, 0.2) is 0 Å². The zero-order valence-corrected chi connectivity index (χ0v) is 10.4. The van der Waals surface area contributed by atoms with Crippen molar-refractivity contribution < 1.29 is 24.1 Å². The minimum atomic E-state index is -0.146. The van der Waals surface area contributed by atoms with E-state index in [-0.39, 0.29) is 42.9 Å². The van der Waals surface area contributed by atoms with E-state index in [0.717, 1.165) is 25.9 Å². The van der Waals surface area contributed by atoms with Crippen LogP contribution in [-0.2, 0) is 19.0 Å². The normalized spacial score (nSPS) is 43.8. The van der Waals surface area contributed by atoms with E-state index in [2.05, 4.69) is 0 Å². The monoisotopic (exact) mass is 256 g/mol. The number of esters is 1. The Labute approximate surface area is 106 Å². The number of fused-ring (bicyclic) bond motifs is 1. The number of rotatable bonds is 3. The van der Waals surface area contributed by atoms with Crippen molar-refractivity contribution in [1.29, 1.82) is 0 Å². The maximum Gasteiger partial charge on any atom is 0.306 e. The third-order valence-corrected chi connectivity index (χ3v) is 4.33. The number of aliphatic hydroxyl groups is 1. The van der Waals surface area contributed by atoms with Crippen LogP contribution in [0, 0.1) is 11.8 Å². The van der Waals surface area contributed by atoms with Crippen molar-refractivity contribution in [2.24, 2.45) is 11.8 Å². The van der Waals surface area contributed by atoms with E-state index in [1.54, 1.807) is 0 Å². The Morgan fingerprint density at radius 3 is 3.00 bits per heavy atom. The van der Waals surface area contributed by atoms with Crippen LogP contribution in [0.3, 0.4) is 0 Å². The minimum absolute atomic E-state index is 0.00646. The minimum Gasteiger partial charge on any atom is -0.462 e. The van der Waals surface area contributed by atoms with Gasteiger partial charge in [0.25, 0.3) is 0 Å². The summed E-state index contributed by atoms with van der Waals surface area (Å²) in [6.45, 7) is 0.804. The van der Waals surface area contributed by atoms with Crippen molar-refractivity contribution in [1.82, 2.24) is 0 Å². The molecule has 3 fully saturated rings. The highest BCUT2D eigenvalue weighted by molar-refractivity contribution is 5.72. The topological polar surface area (TPSA) is 65.0 Å². The van der Waals surface area contributed by atoms with Crippen LogP contribution < -0.4 is 0 Å². The van der Waals surface area contributed by atoms with E-state index in [4.69, 9.17) is 14.2 Å². The molecule has 18 heavy (non-hydrogen) atoms. The Balaban J connectivity index is 1.61. The molecule has 0 radical (unpaired) electrons. The van der Waals surface area contributed by atoms with Gasteiger partial charge in [-0.05, 0) is 19.3 Å². The molecule has 0 aromatic carbocycles. The van der Waals surface area contributed by atoms with E-state index >= 15 is 0 Å². The summed E-state index contributed by atoms with van der Waals surface area (Å²) < 4.78 is 16.8. The highest BCUT2D eigenvalue weighted by Crippen LogP contribution is 2.43. The maximum atomic E-state index is 11.2. The van der Waals surface area contributed by atoms with Crippen molar-refractivity contribution in [3.05, 3.63) is 0 Å². The third kappa shape index (κ3) is 2.27. The van der Waals surface area contributed by atoms with Crippen molar-refractivity contribution >= 4 is 5.97 Å². The van der Waals surface area contributed by atoms with Crippen LogP contribution in [-0.4, -0.2) is 42.8 Å². The second-order valence-corrected chi connectivity index (χ2v) is 5.45. The Hall–Kier alpha value is -0.650. The molecule has 102 valence electrons. The quantitative estimate of drug-likeness (QED) is 0.758. The summed E-state index contributed by atoms with van der Waals surface area (Å²) >= 11 is 0. The van der Waals surface area contributed by atoms with Gasteiger partial charge in [-0.15, -0.1) is 0 Å². The number of carbonyl (C=O) groups excluding carboxylic acids is 1. The Bertz CT molecular complexity index is 313. The SMILES string of the molecule is O=C1C[C@@H]2[C@H](CO)[C@H](OC3CCCCO3)C[C@@H]2O1. The molecule has 2 heterocycles. The average Bonchev–Trinajstić information content (AvgIpc) is 2.85. The van der Waals surface area contributed by atoms with Gasteiger partial charge in [0.2, 0.25) is 0 Å². The number of hydrogen-bond acceptors (Lipinski definition) is 5. The van der Waals surface area contributed by atoms with Crippen LogP contribution in [0.4, 0.5) is 0 Å². The lowest BCUT2D eigenvalue weighted by atomic mass is 9.93. The second-order valence-electron chi connectivity index (χ2n) is 5.45. The first-order chi connectivity index (χ1) is 8.78. The van der Waals surface area contributed by atoms with E-state index in [0.29, 0.717) is 12.8 Å². The average molecular weight is 256 g/mol. The maximum absolute atomic E-state index is 11.2. The molecule has 5 nitrogen and oxygen atoms in total. The van der Waals surface area contributed by atoms with E-state index < -0.39 is 0 Å². The number of hydrogen-bond donors (Lipinski definition) is 1. The molecule has 0 spiro atoms. The second kappa shape index (κ2) is 5.15. The summed E-state index contributed by atoms with van der Waals surface area (Å²) in [4.78, 5) is 11.2. The summed E-state index contributed by atoms with van der Waals surface area (Å²) in [5.41, 5.74) is 0. The molecule has 1 unspecified atom stereocenters. The fourth-order valence-electron chi connectivity index (χ4n) is 3.38. The molecule has 1 aliphatic carbocycles. The van der Waals surface area contributed by atoms with Crippen LogP contribution in [0.2, 0.25) is 0 Å². The van der Waals surface area contributed by atoms with Gasteiger partial charge in [0.15, 0.2) is 6.29 Å². The summed E-state index contributed by atoms with van der Waals surface area (Å²) in [6, 6.07) is 0. The summed E-state index contributed by atoms with van der Waals surface area (Å²) in [6.07, 6.45) is 4.00. The molecule has 1 N–H and O–H groups in total. The van der Waals surface area contributed by atoms with Crippen LogP contribution in [0.5, 0.6) is 0 Å². The Morgan fingerprint density at radius 2 is 2.28 bits per heavy atom. The van der Waals surface area contributed by atoms with Crippen molar-refractivity contribution in [2.75, 3.05) is 13.2 Å². The fraction of sp³-hybridized carbons (Fsp3) is 0.923. The van der Waals surface area contributed by atoms with Crippen molar-refractivity contribution in [3.8, 4) is 0 Å². The van der Waals surface area contributed by atoms with Gasteiger partial charge in [-0.2, -0.15) is 0 Å². The Morgan fingerprint density at radius 1 is 1.39 bits per heavy atom.